The van der Waals surface area contributed by atoms with Gasteiger partial charge in [0.15, 0.2) is 0 Å². The summed E-state index contributed by atoms with van der Waals surface area (Å²) in [5.41, 5.74) is -0.906. The van der Waals surface area contributed by atoms with Gasteiger partial charge in [0.1, 0.15) is 5.60 Å². The number of aromatic amines is 1. The molecule has 228 valence electrons. The molecule has 2 aromatic heterocycles. The van der Waals surface area contributed by atoms with Crippen LogP contribution in [0, 0.1) is 5.92 Å². The molecular weight excluding hydrogens is 540 g/mol. The molecule has 0 radical (unpaired) electrons. The molecule has 0 aromatic carbocycles. The van der Waals surface area contributed by atoms with E-state index in [1.165, 1.54) is 10.6 Å². The molecule has 3 fully saturated rings. The van der Waals surface area contributed by atoms with E-state index in [0.717, 1.165) is 25.7 Å². The number of nitrogens with one attached hydrogen (secondary N) is 2. The molecule has 1 spiro atoms. The summed E-state index contributed by atoms with van der Waals surface area (Å²) in [6.07, 6.45) is 9.27. The van der Waals surface area contributed by atoms with Crippen LogP contribution < -0.4 is 15.4 Å². The maximum Gasteiger partial charge on any atom is 0.410 e. The second-order valence-electron chi connectivity index (χ2n) is 13.3. The standard InChI is InChI=1S/C30H42N6O6/c1-19(2)18-34-25-20(17-31-36(25)27(40)23(26(34)39)24(38)32-21-8-9-21)7-10-22(37)35-14-6-11-30(35)12-15-33(16-13-30)28(41)42-29(3,4)5/h7,10,17,19,21H,6,8-9,11-16,18H2,1-5H3,(H2,32,38,39,40)/p+1/b10-7+. The van der Waals surface area contributed by atoms with Gasteiger partial charge in [-0.3, -0.25) is 9.59 Å². The van der Waals surface area contributed by atoms with Crippen molar-refractivity contribution in [2.24, 2.45) is 5.92 Å². The van der Waals surface area contributed by atoms with Crippen molar-refractivity contribution >= 4 is 29.6 Å². The van der Waals surface area contributed by atoms with E-state index in [1.54, 1.807) is 21.7 Å². The van der Waals surface area contributed by atoms with Gasteiger partial charge in [-0.2, -0.15) is 4.57 Å². The molecular formula is C30H43N6O6+. The van der Waals surface area contributed by atoms with Crippen molar-refractivity contribution in [2.45, 2.75) is 96.9 Å². The van der Waals surface area contributed by atoms with Gasteiger partial charge < -0.3 is 25.0 Å². The summed E-state index contributed by atoms with van der Waals surface area (Å²) in [6.45, 7) is 11.5. The van der Waals surface area contributed by atoms with Crippen LogP contribution in [0.5, 0.6) is 5.88 Å². The van der Waals surface area contributed by atoms with Gasteiger partial charge in [0.25, 0.3) is 5.91 Å². The number of likely N-dealkylation sites (tertiary alicyclic amines) is 2. The second-order valence-corrected chi connectivity index (χ2v) is 13.3. The topological polar surface area (TPSA) is 140 Å². The number of hydrogen-bond acceptors (Lipinski definition) is 6. The number of aromatic hydroxyl groups is 1. The number of aromatic nitrogens is 3. The highest BCUT2D eigenvalue weighted by molar-refractivity contribution is 5.96. The molecule has 2 aromatic rings. The minimum absolute atomic E-state index is 0.0297. The van der Waals surface area contributed by atoms with Crippen molar-refractivity contribution in [3.05, 3.63) is 33.8 Å². The summed E-state index contributed by atoms with van der Waals surface area (Å²) in [6, 6.07) is 0.0297. The Kier molecular flexibility index (Phi) is 7.84. The lowest BCUT2D eigenvalue weighted by Gasteiger charge is -2.44. The van der Waals surface area contributed by atoms with Crippen LogP contribution in [0.3, 0.4) is 0 Å². The van der Waals surface area contributed by atoms with Gasteiger partial charge in [0.2, 0.25) is 11.5 Å². The monoisotopic (exact) mass is 583 g/mol. The molecule has 1 saturated carbocycles. The molecule has 3 amide bonds. The SMILES string of the molecule is CC(C)C[n+]1c(O)c(C(=O)NC2CC2)c(=O)n2[nH]cc(/C=C/C(=O)N3CCCC34CCN(C(=O)OC(C)(C)C)CC4)c21. The Bertz CT molecular complexity index is 1470. The van der Waals surface area contributed by atoms with Gasteiger partial charge >= 0.3 is 23.2 Å². The summed E-state index contributed by atoms with van der Waals surface area (Å²) >= 11 is 0. The van der Waals surface area contributed by atoms with E-state index in [2.05, 4.69) is 10.4 Å². The van der Waals surface area contributed by atoms with Crippen LogP contribution in [0.1, 0.15) is 89.1 Å². The fraction of sp³-hybridized carbons (Fsp3) is 0.633. The average Bonchev–Trinajstić information content (AvgIpc) is 3.46. The highest BCUT2D eigenvalue weighted by Crippen LogP contribution is 2.39. The number of ether oxygens (including phenoxy) is 1. The molecule has 4 heterocycles. The molecule has 12 nitrogen and oxygen atoms in total. The molecule has 0 bridgehead atoms. The van der Waals surface area contributed by atoms with E-state index in [9.17, 15) is 24.3 Å². The summed E-state index contributed by atoms with van der Waals surface area (Å²) in [4.78, 5) is 55.9. The summed E-state index contributed by atoms with van der Waals surface area (Å²) in [5.74, 6) is -1.01. The van der Waals surface area contributed by atoms with Crippen LogP contribution in [0.25, 0.3) is 11.7 Å². The summed E-state index contributed by atoms with van der Waals surface area (Å²) in [7, 11) is 0. The molecule has 3 aliphatic rings. The Morgan fingerprint density at radius 3 is 2.50 bits per heavy atom. The maximum absolute atomic E-state index is 13.5. The highest BCUT2D eigenvalue weighted by Gasteiger charge is 2.46. The van der Waals surface area contributed by atoms with Crippen molar-refractivity contribution in [2.75, 3.05) is 19.6 Å². The van der Waals surface area contributed by atoms with Crippen molar-refractivity contribution in [3.63, 3.8) is 0 Å². The average molecular weight is 584 g/mol. The van der Waals surface area contributed by atoms with Crippen LogP contribution in [-0.2, 0) is 16.1 Å². The number of rotatable bonds is 6. The van der Waals surface area contributed by atoms with E-state index in [0.29, 0.717) is 50.2 Å². The van der Waals surface area contributed by atoms with Crippen molar-refractivity contribution in [1.82, 2.24) is 24.7 Å². The van der Waals surface area contributed by atoms with E-state index in [-0.39, 0.29) is 40.9 Å². The first kappa shape index (κ1) is 29.7. The molecule has 0 atom stereocenters. The molecule has 5 rings (SSSR count). The minimum atomic E-state index is -0.651. The van der Waals surface area contributed by atoms with Crippen LogP contribution in [0.2, 0.25) is 0 Å². The third-order valence-corrected chi connectivity index (χ3v) is 8.27. The number of amides is 3. The number of hydrogen-bond donors (Lipinski definition) is 3. The Morgan fingerprint density at radius 1 is 1.19 bits per heavy atom. The Balaban J connectivity index is 1.38. The lowest BCUT2D eigenvalue weighted by Crippen LogP contribution is -2.55. The lowest BCUT2D eigenvalue weighted by atomic mass is 9.85. The number of carbonyl (C=O) groups is 3. The first-order valence-electron chi connectivity index (χ1n) is 15.0. The van der Waals surface area contributed by atoms with Gasteiger partial charge in [0.05, 0.1) is 18.3 Å². The molecule has 0 unspecified atom stereocenters. The van der Waals surface area contributed by atoms with Crippen LogP contribution in [0.15, 0.2) is 17.1 Å². The molecule has 12 heteroatoms. The largest absolute Gasteiger partial charge is 0.477 e. The normalized spacial score (nSPS) is 18.9. The van der Waals surface area contributed by atoms with Gasteiger partial charge in [-0.05, 0) is 71.3 Å². The number of H-pyrrole nitrogens is 1. The first-order valence-corrected chi connectivity index (χ1v) is 15.0. The van der Waals surface area contributed by atoms with Gasteiger partial charge in [-0.15, -0.1) is 0 Å². The lowest BCUT2D eigenvalue weighted by molar-refractivity contribution is -0.686. The Hall–Kier alpha value is -3.83. The van der Waals surface area contributed by atoms with Crippen molar-refractivity contribution < 1.29 is 28.8 Å². The van der Waals surface area contributed by atoms with Crippen LogP contribution >= 0.6 is 0 Å². The zero-order chi connectivity index (χ0) is 30.4. The minimum Gasteiger partial charge on any atom is -0.477 e. The van der Waals surface area contributed by atoms with E-state index >= 15 is 0 Å². The third-order valence-electron chi connectivity index (χ3n) is 8.27. The fourth-order valence-corrected chi connectivity index (χ4v) is 6.09. The number of piperidine rings is 1. The second kappa shape index (κ2) is 11.1. The van der Waals surface area contributed by atoms with E-state index in [4.69, 9.17) is 4.74 Å². The predicted octanol–water partition coefficient (Wildman–Crippen LogP) is 2.57. The van der Waals surface area contributed by atoms with Gasteiger partial charge in [-0.1, -0.05) is 18.4 Å². The van der Waals surface area contributed by atoms with Crippen LogP contribution in [0.4, 0.5) is 4.79 Å². The van der Waals surface area contributed by atoms with Gasteiger partial charge in [0, 0.05) is 37.3 Å². The van der Waals surface area contributed by atoms with Crippen molar-refractivity contribution in [3.8, 4) is 5.88 Å². The van der Waals surface area contributed by atoms with Crippen LogP contribution in [-0.4, -0.2) is 79.2 Å². The Morgan fingerprint density at radius 2 is 1.88 bits per heavy atom. The fourth-order valence-electron chi connectivity index (χ4n) is 6.09. The smallest absolute Gasteiger partial charge is 0.410 e. The number of nitrogens with zero attached hydrogens (tertiary/aromatic N) is 4. The van der Waals surface area contributed by atoms with Crippen molar-refractivity contribution in [1.29, 1.82) is 0 Å². The van der Waals surface area contributed by atoms with E-state index in [1.807, 2.05) is 39.5 Å². The summed E-state index contributed by atoms with van der Waals surface area (Å²) < 4.78 is 8.34. The number of fused-ring (bicyclic) bond motifs is 1. The number of carbonyl (C=O) groups excluding carboxylic acids is 3. The first-order chi connectivity index (χ1) is 19.8. The van der Waals surface area contributed by atoms with E-state index < -0.39 is 17.1 Å². The zero-order valence-corrected chi connectivity index (χ0v) is 25.2. The molecule has 2 saturated heterocycles. The predicted molar refractivity (Wildman–Crippen MR) is 155 cm³/mol. The quantitative estimate of drug-likeness (QED) is 0.353. The highest BCUT2D eigenvalue weighted by atomic mass is 16.6. The third kappa shape index (κ3) is 5.89. The maximum atomic E-state index is 13.5. The molecule has 42 heavy (non-hydrogen) atoms. The summed E-state index contributed by atoms with van der Waals surface area (Å²) in [5, 5.41) is 16.8. The molecule has 1 aliphatic carbocycles. The molecule has 2 aliphatic heterocycles. The zero-order valence-electron chi connectivity index (χ0n) is 25.2. The Labute approximate surface area is 245 Å². The molecule has 3 N–H and O–H groups in total. The van der Waals surface area contributed by atoms with Gasteiger partial charge in [-0.25, -0.2) is 14.7 Å².